The topological polar surface area (TPSA) is 113 Å². The minimum Gasteiger partial charge on any atom is -0.507 e. The number of phenols is 1. The molecule has 1 radical (unpaired) electrons. The molecule has 0 aliphatic carbocycles. The molecule has 1 aliphatic heterocycles. The van der Waals surface area contributed by atoms with Crippen LogP contribution in [0.4, 0.5) is 9.59 Å². The molecule has 1 saturated heterocycles. The standard InChI is InChI=1S/C31H37ClN3O7/c1-31(2,3)42-30(39)35(6)16-15-34(5)29(38)41-25-18-23(37)27-22(36)17-24(20-9-7-8-10-21(20)32)40-28(27)26(25)19-11-13-33(4)14-12-19/h7-11,17-19,37H,12-16H2,1-6H3/t19-/m1/s1. The summed E-state index contributed by atoms with van der Waals surface area (Å²) in [6.07, 6.45) is 1.53. The van der Waals surface area contributed by atoms with Crippen LogP contribution in [0.2, 0.25) is 5.02 Å². The maximum Gasteiger partial charge on any atom is 0.415 e. The zero-order valence-corrected chi connectivity index (χ0v) is 25.5. The van der Waals surface area contributed by atoms with Crippen molar-refractivity contribution in [2.45, 2.75) is 38.7 Å². The van der Waals surface area contributed by atoms with Crippen LogP contribution in [-0.4, -0.2) is 84.9 Å². The summed E-state index contributed by atoms with van der Waals surface area (Å²) in [5, 5.41) is 11.3. The van der Waals surface area contributed by atoms with Crippen molar-refractivity contribution in [2.75, 3.05) is 47.3 Å². The van der Waals surface area contributed by atoms with Gasteiger partial charge in [-0.2, -0.15) is 0 Å². The third-order valence-corrected chi connectivity index (χ3v) is 7.33. The third-order valence-electron chi connectivity index (χ3n) is 7.00. The Kier molecular flexibility index (Phi) is 9.37. The summed E-state index contributed by atoms with van der Waals surface area (Å²) in [5.74, 6) is -0.267. The molecule has 225 valence electrons. The van der Waals surface area contributed by atoms with Crippen molar-refractivity contribution in [3.63, 3.8) is 0 Å². The van der Waals surface area contributed by atoms with Gasteiger partial charge in [0, 0.05) is 57.0 Å². The molecule has 4 rings (SSSR count). The fourth-order valence-electron chi connectivity index (χ4n) is 4.67. The Morgan fingerprint density at radius 1 is 1.12 bits per heavy atom. The first-order valence-electron chi connectivity index (χ1n) is 13.7. The number of aromatic hydroxyl groups is 1. The summed E-state index contributed by atoms with van der Waals surface area (Å²) < 4.78 is 17.5. The van der Waals surface area contributed by atoms with Gasteiger partial charge in [0.2, 0.25) is 0 Å². The Hall–Kier alpha value is -3.76. The molecule has 0 spiro atoms. The first kappa shape index (κ1) is 31.2. The predicted molar refractivity (Wildman–Crippen MR) is 161 cm³/mol. The van der Waals surface area contributed by atoms with E-state index in [1.165, 1.54) is 21.9 Å². The summed E-state index contributed by atoms with van der Waals surface area (Å²) in [6.45, 7) is 7.14. The summed E-state index contributed by atoms with van der Waals surface area (Å²) in [6, 6.07) is 9.57. The smallest absolute Gasteiger partial charge is 0.415 e. The average Bonchev–Trinajstić information content (AvgIpc) is 2.91. The highest BCUT2D eigenvalue weighted by Crippen LogP contribution is 2.43. The molecule has 1 aliphatic rings. The van der Waals surface area contributed by atoms with Gasteiger partial charge in [-0.1, -0.05) is 23.7 Å². The minimum atomic E-state index is -0.704. The van der Waals surface area contributed by atoms with Gasteiger partial charge in [0.15, 0.2) is 5.43 Å². The van der Waals surface area contributed by atoms with Gasteiger partial charge in [0.1, 0.15) is 33.8 Å². The van der Waals surface area contributed by atoms with Crippen LogP contribution in [0.15, 0.2) is 45.6 Å². The van der Waals surface area contributed by atoms with Crippen LogP contribution in [0.5, 0.6) is 11.5 Å². The van der Waals surface area contributed by atoms with Gasteiger partial charge >= 0.3 is 12.2 Å². The molecule has 1 fully saturated rings. The molecule has 1 atom stereocenters. The lowest BCUT2D eigenvalue weighted by Gasteiger charge is -2.30. The van der Waals surface area contributed by atoms with Crippen molar-refractivity contribution >= 4 is 34.8 Å². The minimum absolute atomic E-state index is 0.000251. The molecule has 2 heterocycles. The Balaban J connectivity index is 1.69. The highest BCUT2D eigenvalue weighted by Gasteiger charge is 2.30. The summed E-state index contributed by atoms with van der Waals surface area (Å²) >= 11 is 6.41. The summed E-state index contributed by atoms with van der Waals surface area (Å²) in [4.78, 5) is 43.6. The molecular weight excluding hydrogens is 562 g/mol. The maximum absolute atomic E-state index is 13.3. The van der Waals surface area contributed by atoms with Crippen molar-refractivity contribution in [3.8, 4) is 22.8 Å². The highest BCUT2D eigenvalue weighted by atomic mass is 35.5. The Morgan fingerprint density at radius 2 is 1.79 bits per heavy atom. The molecule has 2 aromatic carbocycles. The monoisotopic (exact) mass is 598 g/mol. The number of amides is 2. The van der Waals surface area contributed by atoms with Gasteiger partial charge in [0.05, 0.1) is 5.02 Å². The second-order valence-corrected chi connectivity index (χ2v) is 12.0. The number of ether oxygens (including phenoxy) is 2. The lowest BCUT2D eigenvalue weighted by atomic mass is 9.87. The van der Waals surface area contributed by atoms with Crippen molar-refractivity contribution in [3.05, 3.63) is 63.6 Å². The van der Waals surface area contributed by atoms with Crippen LogP contribution in [0.1, 0.15) is 38.7 Å². The van der Waals surface area contributed by atoms with Gasteiger partial charge in [-0.25, -0.2) is 9.59 Å². The molecule has 11 heteroatoms. The van der Waals surface area contributed by atoms with Crippen LogP contribution in [0.3, 0.4) is 0 Å². The molecule has 42 heavy (non-hydrogen) atoms. The number of fused-ring (bicyclic) bond motifs is 1. The van der Waals surface area contributed by atoms with Gasteiger partial charge in [-0.05, 0) is 65.3 Å². The lowest BCUT2D eigenvalue weighted by Crippen LogP contribution is -2.40. The summed E-state index contributed by atoms with van der Waals surface area (Å²) in [5.41, 5.74) is 0.0640. The zero-order valence-electron chi connectivity index (χ0n) is 24.8. The number of piperidine rings is 1. The normalized spacial score (nSPS) is 14.5. The number of nitrogens with zero attached hydrogens (tertiary/aromatic N) is 3. The molecular formula is C31H37ClN3O7. The lowest BCUT2D eigenvalue weighted by molar-refractivity contribution is 0.0287. The van der Waals surface area contributed by atoms with Gasteiger partial charge < -0.3 is 33.7 Å². The van der Waals surface area contributed by atoms with Gasteiger partial charge in [-0.3, -0.25) is 4.79 Å². The van der Waals surface area contributed by atoms with E-state index in [1.807, 2.05) is 7.05 Å². The molecule has 1 N–H and O–H groups in total. The number of hydrogen-bond donors (Lipinski definition) is 1. The van der Waals surface area contributed by atoms with Crippen molar-refractivity contribution < 1.29 is 28.6 Å². The zero-order chi connectivity index (χ0) is 30.8. The number of hydrogen-bond acceptors (Lipinski definition) is 8. The number of carbonyl (C=O) groups excluding carboxylic acids is 2. The molecule has 2 amide bonds. The van der Waals surface area contributed by atoms with Crippen LogP contribution in [0.25, 0.3) is 22.3 Å². The van der Waals surface area contributed by atoms with E-state index < -0.39 is 23.2 Å². The van der Waals surface area contributed by atoms with E-state index in [0.717, 1.165) is 6.54 Å². The van der Waals surface area contributed by atoms with E-state index in [2.05, 4.69) is 11.3 Å². The number of halogens is 1. The van der Waals surface area contributed by atoms with E-state index in [4.69, 9.17) is 25.5 Å². The number of likely N-dealkylation sites (N-methyl/N-ethyl adjacent to an activating group) is 2. The van der Waals surface area contributed by atoms with Gasteiger partial charge in [-0.15, -0.1) is 0 Å². The Bertz CT molecular complexity index is 1520. The molecule has 10 nitrogen and oxygen atoms in total. The van der Waals surface area contributed by atoms with Gasteiger partial charge in [0.25, 0.3) is 0 Å². The van der Waals surface area contributed by atoms with Crippen molar-refractivity contribution in [1.29, 1.82) is 0 Å². The number of carbonyl (C=O) groups is 2. The first-order valence-corrected chi connectivity index (χ1v) is 14.1. The number of phenolic OH excluding ortho intramolecular Hbond substituents is 1. The average molecular weight is 599 g/mol. The van der Waals surface area contributed by atoms with Crippen LogP contribution in [-0.2, 0) is 4.74 Å². The fourth-order valence-corrected chi connectivity index (χ4v) is 4.90. The van der Waals surface area contributed by atoms with Crippen molar-refractivity contribution in [1.82, 2.24) is 14.7 Å². The van der Waals surface area contributed by atoms with E-state index in [9.17, 15) is 19.5 Å². The largest absolute Gasteiger partial charge is 0.507 e. The fraction of sp³-hybridized carbons (Fsp3) is 0.419. The van der Waals surface area contributed by atoms with E-state index in [0.29, 0.717) is 29.1 Å². The number of likely N-dealkylation sites (tertiary alicyclic amines) is 1. The number of benzene rings is 2. The van der Waals surface area contributed by atoms with E-state index >= 15 is 0 Å². The van der Waals surface area contributed by atoms with E-state index in [-0.39, 0.29) is 47.2 Å². The first-order chi connectivity index (χ1) is 19.7. The predicted octanol–water partition coefficient (Wildman–Crippen LogP) is 5.74. The quantitative estimate of drug-likeness (QED) is 0.382. The molecule has 0 bridgehead atoms. The maximum atomic E-state index is 13.3. The molecule has 3 aromatic rings. The van der Waals surface area contributed by atoms with Crippen LogP contribution < -0.4 is 10.2 Å². The number of rotatable bonds is 6. The second-order valence-electron chi connectivity index (χ2n) is 11.6. The molecule has 0 unspecified atom stereocenters. The second kappa shape index (κ2) is 12.6. The van der Waals surface area contributed by atoms with E-state index in [1.54, 1.807) is 59.1 Å². The summed E-state index contributed by atoms with van der Waals surface area (Å²) in [7, 11) is 5.13. The van der Waals surface area contributed by atoms with Crippen molar-refractivity contribution in [2.24, 2.45) is 0 Å². The third kappa shape index (κ3) is 7.17. The van der Waals surface area contributed by atoms with Crippen LogP contribution in [0, 0.1) is 6.42 Å². The Morgan fingerprint density at radius 3 is 2.40 bits per heavy atom. The molecule has 0 saturated carbocycles. The SMILES string of the molecule is CN1C[CH][C@@H](c2c(OC(=O)N(C)CCN(C)C(=O)OC(C)(C)C)cc(O)c3c(=O)cc(-c4ccccc4Cl)oc23)CC1. The molecule has 1 aromatic heterocycles. The highest BCUT2D eigenvalue weighted by molar-refractivity contribution is 6.33. The Labute approximate surface area is 250 Å². The van der Waals surface area contributed by atoms with Crippen LogP contribution >= 0.6 is 11.6 Å².